The van der Waals surface area contributed by atoms with E-state index in [1.165, 1.54) is 22.7 Å². The second-order valence-electron chi connectivity index (χ2n) is 9.61. The van der Waals surface area contributed by atoms with E-state index in [0.717, 1.165) is 40.7 Å². The number of sulfone groups is 1. The highest BCUT2D eigenvalue weighted by atomic mass is 32.2. The molecule has 0 atom stereocenters. The molecule has 6 aromatic rings. The first-order chi connectivity index (χ1) is 17.4. The summed E-state index contributed by atoms with van der Waals surface area (Å²) in [5.74, 6) is 0. The third-order valence-corrected chi connectivity index (χ3v) is 12.1. The lowest BCUT2D eigenvalue weighted by Crippen LogP contribution is -2.10. The monoisotopic (exact) mass is 546 g/mol. The molecule has 9 heteroatoms. The molecule has 6 nitrogen and oxygen atoms in total. The van der Waals surface area contributed by atoms with Crippen LogP contribution in [0.2, 0.25) is 0 Å². The minimum absolute atomic E-state index is 0.222. The molecular weight excluding hydrogens is 521 g/mol. The van der Waals surface area contributed by atoms with Gasteiger partial charge in [0.1, 0.15) is 0 Å². The van der Waals surface area contributed by atoms with Crippen molar-refractivity contribution in [1.29, 1.82) is 0 Å². The molecule has 0 aliphatic heterocycles. The molecule has 0 spiro atoms. The Morgan fingerprint density at radius 2 is 0.946 bits per heavy atom. The van der Waals surface area contributed by atoms with Crippen molar-refractivity contribution in [3.63, 3.8) is 0 Å². The Labute approximate surface area is 222 Å². The van der Waals surface area contributed by atoms with Gasteiger partial charge in [-0.15, -0.1) is 22.7 Å². The maximum atomic E-state index is 14.8. The van der Waals surface area contributed by atoms with E-state index in [4.69, 9.17) is 22.9 Å². The van der Waals surface area contributed by atoms with Crippen molar-refractivity contribution in [3.8, 4) is 0 Å². The van der Waals surface area contributed by atoms with E-state index in [-0.39, 0.29) is 9.79 Å². The van der Waals surface area contributed by atoms with E-state index in [2.05, 4.69) is 0 Å². The topological polar surface area (TPSA) is 138 Å². The first kappa shape index (κ1) is 23.8. The highest BCUT2D eigenvalue weighted by molar-refractivity contribution is 7.92. The van der Waals surface area contributed by atoms with Gasteiger partial charge < -0.3 is 22.9 Å². The summed E-state index contributed by atoms with van der Waals surface area (Å²) >= 11 is 3.02. The zero-order chi connectivity index (χ0) is 26.5. The second-order valence-corrected chi connectivity index (χ2v) is 13.5. The fourth-order valence-corrected chi connectivity index (χ4v) is 10.1. The summed E-state index contributed by atoms with van der Waals surface area (Å²) in [6.07, 6.45) is 0. The summed E-state index contributed by atoms with van der Waals surface area (Å²) < 4.78 is 33.2. The second kappa shape index (κ2) is 7.74. The van der Waals surface area contributed by atoms with Crippen LogP contribution in [0.3, 0.4) is 0 Å². The molecule has 37 heavy (non-hydrogen) atoms. The van der Waals surface area contributed by atoms with Gasteiger partial charge in [0.05, 0.1) is 9.79 Å². The summed E-state index contributed by atoms with van der Waals surface area (Å²) in [6, 6.07) is 11.2. The van der Waals surface area contributed by atoms with E-state index >= 15 is 0 Å². The van der Waals surface area contributed by atoms with E-state index < -0.39 is 9.84 Å². The van der Waals surface area contributed by atoms with Crippen molar-refractivity contribution >= 4 is 95.6 Å². The molecule has 0 amide bonds. The van der Waals surface area contributed by atoms with Crippen LogP contribution in [0.25, 0.3) is 40.3 Å². The van der Waals surface area contributed by atoms with Crippen molar-refractivity contribution < 1.29 is 8.42 Å². The summed E-state index contributed by atoms with van der Waals surface area (Å²) in [6.45, 7) is 7.44. The number of hydrogen-bond acceptors (Lipinski definition) is 8. The van der Waals surface area contributed by atoms with E-state index in [0.29, 0.717) is 44.6 Å². The number of fused-ring (bicyclic) bond motifs is 6. The van der Waals surface area contributed by atoms with Crippen LogP contribution in [0.1, 0.15) is 22.3 Å². The van der Waals surface area contributed by atoms with Gasteiger partial charge in [-0.05, 0) is 74.2 Å². The maximum absolute atomic E-state index is 14.8. The Hall–Kier alpha value is -3.53. The number of aryl methyl sites for hydroxylation is 2. The van der Waals surface area contributed by atoms with E-state index in [1.54, 1.807) is 13.8 Å². The van der Waals surface area contributed by atoms with Gasteiger partial charge >= 0.3 is 0 Å². The van der Waals surface area contributed by atoms with Gasteiger partial charge in [-0.3, -0.25) is 0 Å². The summed E-state index contributed by atoms with van der Waals surface area (Å²) in [5, 5.41) is 3.05. The molecule has 6 rings (SSSR count). The summed E-state index contributed by atoms with van der Waals surface area (Å²) in [7, 11) is -4.08. The molecule has 0 fully saturated rings. The lowest BCUT2D eigenvalue weighted by Gasteiger charge is -2.16. The van der Waals surface area contributed by atoms with Crippen LogP contribution in [-0.4, -0.2) is 8.42 Å². The number of anilines is 4. The Morgan fingerprint density at radius 1 is 0.568 bits per heavy atom. The molecule has 8 N–H and O–H groups in total. The quantitative estimate of drug-likeness (QED) is 0.176. The lowest BCUT2D eigenvalue weighted by molar-refractivity contribution is 0.597. The van der Waals surface area contributed by atoms with Gasteiger partial charge in [-0.1, -0.05) is 12.1 Å². The molecule has 0 saturated carbocycles. The Morgan fingerprint density at radius 3 is 1.32 bits per heavy atom. The molecule has 0 radical (unpaired) electrons. The maximum Gasteiger partial charge on any atom is 0.208 e. The van der Waals surface area contributed by atoms with Crippen LogP contribution in [0, 0.1) is 27.7 Å². The van der Waals surface area contributed by atoms with Crippen LogP contribution >= 0.6 is 22.7 Å². The molecule has 2 heterocycles. The van der Waals surface area contributed by atoms with Gasteiger partial charge in [0.2, 0.25) is 9.84 Å². The minimum Gasteiger partial charge on any atom is -0.398 e. The average molecular weight is 547 g/mol. The predicted octanol–water partition coefficient (Wildman–Crippen LogP) is 6.82. The highest BCUT2D eigenvalue weighted by Gasteiger charge is 2.32. The first-order valence-corrected chi connectivity index (χ1v) is 14.8. The third-order valence-electron chi connectivity index (χ3n) is 7.46. The van der Waals surface area contributed by atoms with Crippen LogP contribution < -0.4 is 22.9 Å². The van der Waals surface area contributed by atoms with Gasteiger partial charge in [0.25, 0.3) is 0 Å². The summed E-state index contributed by atoms with van der Waals surface area (Å²) in [5.41, 5.74) is 30.3. The number of benzene rings is 4. The number of nitrogen functional groups attached to an aromatic ring is 4. The molecule has 4 aromatic carbocycles. The van der Waals surface area contributed by atoms with Gasteiger partial charge in [0, 0.05) is 63.1 Å². The van der Waals surface area contributed by atoms with Crippen molar-refractivity contribution in [2.45, 2.75) is 37.5 Å². The molecule has 188 valence electrons. The lowest BCUT2D eigenvalue weighted by atomic mass is 10.1. The van der Waals surface area contributed by atoms with Gasteiger partial charge in [0.15, 0.2) is 0 Å². The minimum atomic E-state index is -4.08. The molecular formula is C28H26N4O2S3. The van der Waals surface area contributed by atoms with Crippen molar-refractivity contribution in [2.75, 3.05) is 22.9 Å². The normalized spacial score (nSPS) is 12.4. The largest absolute Gasteiger partial charge is 0.398 e. The zero-order valence-corrected chi connectivity index (χ0v) is 23.3. The SMILES string of the molecule is Cc1c(N)cc2sc3c(C)c(N)ccc3c2c1S(=O)(=O)c1c(C)c(N)cc2sc3c(C)c(N)ccc3c12. The smallest absolute Gasteiger partial charge is 0.208 e. The molecule has 2 aromatic heterocycles. The molecule has 0 aliphatic carbocycles. The van der Waals surface area contributed by atoms with E-state index in [1.807, 2.05) is 50.2 Å². The Bertz CT molecular complexity index is 1940. The number of hydrogen-bond donors (Lipinski definition) is 4. The van der Waals surface area contributed by atoms with Crippen molar-refractivity contribution in [3.05, 3.63) is 58.7 Å². The number of nitrogens with two attached hydrogens (primary N) is 4. The van der Waals surface area contributed by atoms with Crippen molar-refractivity contribution in [1.82, 2.24) is 0 Å². The number of rotatable bonds is 2. The standard InChI is InChI=1S/C28H26N4O2S3/c1-11-17(29)7-5-15-23-21(35-25(11)15)9-19(31)13(3)27(23)37(33,34)28-14(4)20(32)10-22-24(28)16-6-8-18(30)12(2)26(16)36-22/h5-10H,29-32H2,1-4H3. The fraction of sp³-hybridized carbons (Fsp3) is 0.143. The Kier molecular flexibility index (Phi) is 4.99. The van der Waals surface area contributed by atoms with Crippen LogP contribution in [-0.2, 0) is 9.84 Å². The molecule has 0 unspecified atom stereocenters. The van der Waals surface area contributed by atoms with Crippen molar-refractivity contribution in [2.24, 2.45) is 0 Å². The zero-order valence-electron chi connectivity index (χ0n) is 20.8. The van der Waals surface area contributed by atoms with E-state index in [9.17, 15) is 8.42 Å². The molecule has 0 bridgehead atoms. The molecule has 0 saturated heterocycles. The van der Waals surface area contributed by atoms with Crippen LogP contribution in [0.4, 0.5) is 22.7 Å². The van der Waals surface area contributed by atoms with Gasteiger partial charge in [-0.25, -0.2) is 8.42 Å². The molecule has 0 aliphatic rings. The van der Waals surface area contributed by atoms with Gasteiger partial charge in [-0.2, -0.15) is 0 Å². The highest BCUT2D eigenvalue weighted by Crippen LogP contribution is 2.49. The fourth-order valence-electron chi connectivity index (χ4n) is 5.24. The average Bonchev–Trinajstić information content (AvgIpc) is 3.38. The van der Waals surface area contributed by atoms with Crippen LogP contribution in [0.5, 0.6) is 0 Å². The van der Waals surface area contributed by atoms with Crippen LogP contribution in [0.15, 0.2) is 46.2 Å². The third kappa shape index (κ3) is 3.11. The summed E-state index contributed by atoms with van der Waals surface area (Å²) in [4.78, 5) is 0.443. The predicted molar refractivity (Wildman–Crippen MR) is 161 cm³/mol. The number of thiophene rings is 2. The Balaban J connectivity index is 1.83. The first-order valence-electron chi connectivity index (χ1n) is 11.7.